The summed E-state index contributed by atoms with van der Waals surface area (Å²) < 4.78 is 1.92. The van der Waals surface area contributed by atoms with E-state index in [1.165, 1.54) is 16.6 Å². The molecule has 10 heteroatoms. The first kappa shape index (κ1) is 26.0. The van der Waals surface area contributed by atoms with Gasteiger partial charge < -0.3 is 9.88 Å². The van der Waals surface area contributed by atoms with Crippen molar-refractivity contribution in [2.45, 2.75) is 58.7 Å². The van der Waals surface area contributed by atoms with Crippen LogP contribution in [0.3, 0.4) is 0 Å². The Balaban J connectivity index is 1.47. The predicted octanol–water partition coefficient (Wildman–Crippen LogP) is 7.09. The van der Waals surface area contributed by atoms with Gasteiger partial charge in [-0.2, -0.15) is 5.26 Å². The average molecular weight is 549 g/mol. The molecule has 6 nitrogen and oxygen atoms in total. The van der Waals surface area contributed by atoms with E-state index in [9.17, 15) is 10.1 Å². The lowest BCUT2D eigenvalue weighted by atomic mass is 9.72. The quantitative estimate of drug-likeness (QED) is 0.333. The topological polar surface area (TPSA) is 83.6 Å². The molecule has 1 amide bonds. The number of amides is 1. The van der Waals surface area contributed by atoms with Crippen molar-refractivity contribution < 1.29 is 4.79 Å². The summed E-state index contributed by atoms with van der Waals surface area (Å²) in [4.78, 5) is 14.1. The van der Waals surface area contributed by atoms with Crippen molar-refractivity contribution >= 4 is 57.2 Å². The van der Waals surface area contributed by atoms with Crippen LogP contribution >= 0.6 is 46.3 Å². The minimum Gasteiger partial charge on any atom is -0.316 e. The van der Waals surface area contributed by atoms with Crippen LogP contribution < -0.4 is 5.32 Å². The standard InChI is InChI=1S/C25H27Cl2N5OS2/c1-5-32-22(17-9-7-15(26)11-19(17)27)30-31-24(32)34-13-21(33)29-23-18(12-28)16-8-6-14(25(2,3)4)10-20(16)35-23/h7,9,11,14H,5-6,8,10,13H2,1-4H3,(H,29,33)/t14-/m0/s1. The lowest BCUT2D eigenvalue weighted by molar-refractivity contribution is -0.113. The second-order valence-corrected chi connectivity index (χ2v) is 12.5. The summed E-state index contributed by atoms with van der Waals surface area (Å²) in [5, 5.41) is 23.7. The largest absolute Gasteiger partial charge is 0.316 e. The van der Waals surface area contributed by atoms with Crippen LogP contribution in [0, 0.1) is 22.7 Å². The van der Waals surface area contributed by atoms with Gasteiger partial charge in [0.2, 0.25) is 5.91 Å². The van der Waals surface area contributed by atoms with Gasteiger partial charge in [-0.3, -0.25) is 4.79 Å². The van der Waals surface area contributed by atoms with E-state index in [1.54, 1.807) is 23.5 Å². The van der Waals surface area contributed by atoms with Crippen LogP contribution in [0.1, 0.15) is 50.1 Å². The monoisotopic (exact) mass is 547 g/mol. The number of thiophene rings is 1. The summed E-state index contributed by atoms with van der Waals surface area (Å²) in [6.45, 7) is 9.41. The van der Waals surface area contributed by atoms with Crippen LogP contribution in [-0.4, -0.2) is 26.4 Å². The molecule has 0 unspecified atom stereocenters. The van der Waals surface area contributed by atoms with Crippen molar-refractivity contribution in [1.29, 1.82) is 5.26 Å². The Kier molecular flexibility index (Phi) is 7.82. The normalized spacial score (nSPS) is 15.5. The maximum atomic E-state index is 12.8. The molecule has 35 heavy (non-hydrogen) atoms. The van der Waals surface area contributed by atoms with E-state index < -0.39 is 0 Å². The van der Waals surface area contributed by atoms with Crippen LogP contribution in [0.25, 0.3) is 11.4 Å². The number of anilines is 1. The van der Waals surface area contributed by atoms with Gasteiger partial charge in [-0.05, 0) is 61.3 Å². The van der Waals surface area contributed by atoms with Gasteiger partial charge in [0.05, 0.1) is 16.3 Å². The SMILES string of the molecule is CCn1c(SCC(=O)Nc2sc3c(c2C#N)CC[C@H](C(C)(C)C)C3)nnc1-c1ccc(Cl)cc1Cl. The molecule has 1 N–H and O–H groups in total. The molecule has 1 aliphatic rings. The zero-order chi connectivity index (χ0) is 25.3. The fourth-order valence-corrected chi connectivity index (χ4v) is 6.96. The molecule has 2 heterocycles. The molecule has 0 aliphatic heterocycles. The third-order valence-corrected chi connectivity index (χ3v) is 9.08. The minimum atomic E-state index is -0.172. The molecule has 1 aliphatic carbocycles. The van der Waals surface area contributed by atoms with Gasteiger partial charge in [-0.15, -0.1) is 21.5 Å². The van der Waals surface area contributed by atoms with Gasteiger partial charge in [0.15, 0.2) is 11.0 Å². The highest BCUT2D eigenvalue weighted by Crippen LogP contribution is 2.44. The summed E-state index contributed by atoms with van der Waals surface area (Å²) in [5.41, 5.74) is 2.68. The summed E-state index contributed by atoms with van der Waals surface area (Å²) in [6.07, 6.45) is 2.91. The van der Waals surface area contributed by atoms with Crippen molar-refractivity contribution in [3.8, 4) is 17.5 Å². The zero-order valence-electron chi connectivity index (χ0n) is 20.1. The van der Waals surface area contributed by atoms with Crippen LogP contribution in [-0.2, 0) is 24.2 Å². The van der Waals surface area contributed by atoms with Crippen LogP contribution in [0.4, 0.5) is 5.00 Å². The Morgan fingerprint density at radius 3 is 2.77 bits per heavy atom. The first-order valence-electron chi connectivity index (χ1n) is 11.5. The number of hydrogen-bond acceptors (Lipinski definition) is 6. The lowest BCUT2D eigenvalue weighted by Crippen LogP contribution is -2.26. The highest BCUT2D eigenvalue weighted by Gasteiger charge is 2.32. The molecular formula is C25H27Cl2N5OS2. The number of carbonyl (C=O) groups excluding carboxylic acids is 1. The van der Waals surface area contributed by atoms with Crippen LogP contribution in [0.2, 0.25) is 10.0 Å². The number of benzene rings is 1. The highest BCUT2D eigenvalue weighted by molar-refractivity contribution is 7.99. The van der Waals surface area contributed by atoms with Gasteiger partial charge in [0, 0.05) is 22.0 Å². The molecule has 0 radical (unpaired) electrons. The van der Waals surface area contributed by atoms with Gasteiger partial charge in [0.1, 0.15) is 11.1 Å². The van der Waals surface area contributed by atoms with Crippen molar-refractivity contribution in [3.63, 3.8) is 0 Å². The van der Waals surface area contributed by atoms with Gasteiger partial charge in [-0.1, -0.05) is 55.7 Å². The molecule has 0 saturated heterocycles. The maximum absolute atomic E-state index is 12.8. The van der Waals surface area contributed by atoms with E-state index in [0.717, 1.165) is 30.4 Å². The fraction of sp³-hybridized carbons (Fsp3) is 0.440. The number of nitrogens with zero attached hydrogens (tertiary/aromatic N) is 4. The average Bonchev–Trinajstić information content (AvgIpc) is 3.36. The third-order valence-electron chi connectivity index (χ3n) is 6.39. The Morgan fingerprint density at radius 2 is 2.11 bits per heavy atom. The van der Waals surface area contributed by atoms with Gasteiger partial charge in [0.25, 0.3) is 0 Å². The molecule has 0 fully saturated rings. The number of nitrogens with one attached hydrogen (secondary N) is 1. The minimum absolute atomic E-state index is 0.157. The Hall–Kier alpha value is -2.05. The number of nitriles is 1. The number of halogens is 2. The number of carbonyl (C=O) groups is 1. The molecule has 184 valence electrons. The summed E-state index contributed by atoms with van der Waals surface area (Å²) in [6, 6.07) is 7.57. The van der Waals surface area contributed by atoms with Crippen molar-refractivity contribution in [3.05, 3.63) is 44.2 Å². The molecule has 0 saturated carbocycles. The molecule has 2 aromatic heterocycles. The second kappa shape index (κ2) is 10.5. The molecule has 0 bridgehead atoms. The van der Waals surface area contributed by atoms with E-state index in [-0.39, 0.29) is 17.1 Å². The number of aromatic nitrogens is 3. The summed E-state index contributed by atoms with van der Waals surface area (Å²) >= 11 is 15.2. The summed E-state index contributed by atoms with van der Waals surface area (Å²) in [5.74, 6) is 1.19. The highest BCUT2D eigenvalue weighted by atomic mass is 35.5. The maximum Gasteiger partial charge on any atom is 0.235 e. The smallest absolute Gasteiger partial charge is 0.235 e. The molecule has 3 aromatic rings. The predicted molar refractivity (Wildman–Crippen MR) is 145 cm³/mol. The Bertz CT molecular complexity index is 1300. The van der Waals surface area contributed by atoms with Crippen LogP contribution in [0.5, 0.6) is 0 Å². The molecule has 4 rings (SSSR count). The Morgan fingerprint density at radius 1 is 1.34 bits per heavy atom. The molecule has 1 atom stereocenters. The van der Waals surface area contributed by atoms with Crippen molar-refractivity contribution in [2.24, 2.45) is 11.3 Å². The van der Waals surface area contributed by atoms with E-state index >= 15 is 0 Å². The van der Waals surface area contributed by atoms with E-state index in [1.807, 2.05) is 17.6 Å². The van der Waals surface area contributed by atoms with E-state index in [4.69, 9.17) is 23.2 Å². The number of fused-ring (bicyclic) bond motifs is 1. The van der Waals surface area contributed by atoms with Crippen LogP contribution in [0.15, 0.2) is 23.4 Å². The molecular weight excluding hydrogens is 521 g/mol. The first-order chi connectivity index (χ1) is 16.6. The molecule has 1 aromatic carbocycles. The van der Waals surface area contributed by atoms with E-state index in [2.05, 4.69) is 42.4 Å². The number of rotatable bonds is 6. The molecule has 0 spiro atoms. The van der Waals surface area contributed by atoms with E-state index in [0.29, 0.717) is 44.1 Å². The number of hydrogen-bond donors (Lipinski definition) is 1. The second-order valence-electron chi connectivity index (χ2n) is 9.64. The lowest BCUT2D eigenvalue weighted by Gasteiger charge is -2.33. The fourth-order valence-electron chi connectivity index (χ4n) is 4.37. The van der Waals surface area contributed by atoms with Crippen molar-refractivity contribution in [1.82, 2.24) is 14.8 Å². The Labute approximate surface area is 224 Å². The third kappa shape index (κ3) is 5.54. The van der Waals surface area contributed by atoms with Gasteiger partial charge >= 0.3 is 0 Å². The first-order valence-corrected chi connectivity index (χ1v) is 14.0. The summed E-state index contributed by atoms with van der Waals surface area (Å²) in [7, 11) is 0. The van der Waals surface area contributed by atoms with Crippen molar-refractivity contribution in [2.75, 3.05) is 11.1 Å². The zero-order valence-corrected chi connectivity index (χ0v) is 23.3. The number of thioether (sulfide) groups is 1. The van der Waals surface area contributed by atoms with Gasteiger partial charge in [-0.25, -0.2) is 0 Å².